The number of unbranched alkanes of at least 4 members (excludes halogenated alkanes) is 17. The molecule has 0 aliphatic rings. The lowest BCUT2D eigenvalue weighted by atomic mass is 10.1. The van der Waals surface area contributed by atoms with E-state index < -0.39 is 0 Å². The third-order valence-corrected chi connectivity index (χ3v) is 6.86. The molecule has 0 aromatic rings. The van der Waals surface area contributed by atoms with Gasteiger partial charge >= 0.3 is 11.9 Å². The molecular formula is C35H74N2O3. The Balaban J connectivity index is -0.000000514. The van der Waals surface area contributed by atoms with E-state index in [4.69, 9.17) is 0 Å². The molecule has 5 heteroatoms. The van der Waals surface area contributed by atoms with Crippen LogP contribution in [0.1, 0.15) is 175 Å². The number of ether oxygens (including phenoxy) is 1. The fourth-order valence-electron chi connectivity index (χ4n) is 4.19. The van der Waals surface area contributed by atoms with Crippen molar-refractivity contribution in [3.8, 4) is 0 Å². The standard InChI is InChI=1S/2C12H27N.C11H20O3/c2*1-4-5-6-7-8-9-10-11-12-13(2)3;1-3-5-7-9-11(13)14-10(12)8-6-4-2/h2*4-12H2,1-3H3;3-9H2,1-2H3. The first kappa shape index (κ1) is 43.5. The zero-order valence-corrected chi connectivity index (χ0v) is 28.8. The van der Waals surface area contributed by atoms with Crippen LogP contribution in [0.5, 0.6) is 0 Å². The molecule has 40 heavy (non-hydrogen) atoms. The Morgan fingerprint density at radius 3 is 1.00 bits per heavy atom. The van der Waals surface area contributed by atoms with Crippen molar-refractivity contribution in [2.45, 2.75) is 175 Å². The molecule has 0 atom stereocenters. The Morgan fingerprint density at radius 2 is 0.675 bits per heavy atom. The van der Waals surface area contributed by atoms with Gasteiger partial charge in [-0.3, -0.25) is 9.59 Å². The van der Waals surface area contributed by atoms with Crippen LogP contribution in [0.25, 0.3) is 0 Å². The zero-order chi connectivity index (χ0) is 30.7. The van der Waals surface area contributed by atoms with Gasteiger partial charge in [0.2, 0.25) is 0 Å². The Kier molecular flexibility index (Phi) is 41.4. The maximum atomic E-state index is 11.0. The lowest BCUT2D eigenvalue weighted by Crippen LogP contribution is -2.12. The van der Waals surface area contributed by atoms with Gasteiger partial charge in [0.25, 0.3) is 0 Å². The quantitative estimate of drug-likeness (QED) is 0.0621. The summed E-state index contributed by atoms with van der Waals surface area (Å²) in [6, 6.07) is 0. The maximum Gasteiger partial charge on any atom is 0.313 e. The van der Waals surface area contributed by atoms with Crippen molar-refractivity contribution < 1.29 is 14.3 Å². The van der Waals surface area contributed by atoms with Gasteiger partial charge in [-0.1, -0.05) is 137 Å². The molecule has 0 unspecified atom stereocenters. The highest BCUT2D eigenvalue weighted by atomic mass is 16.6. The van der Waals surface area contributed by atoms with Gasteiger partial charge in [-0.2, -0.15) is 0 Å². The van der Waals surface area contributed by atoms with Gasteiger partial charge in [0.1, 0.15) is 0 Å². The van der Waals surface area contributed by atoms with Crippen molar-refractivity contribution in [2.75, 3.05) is 41.3 Å². The smallest absolute Gasteiger partial charge is 0.313 e. The molecule has 0 saturated carbocycles. The average molecular weight is 571 g/mol. The molecule has 0 saturated heterocycles. The summed E-state index contributed by atoms with van der Waals surface area (Å²) in [4.78, 5) is 26.6. The van der Waals surface area contributed by atoms with Crippen LogP contribution in [0.4, 0.5) is 0 Å². The van der Waals surface area contributed by atoms with Crippen LogP contribution >= 0.6 is 0 Å². The minimum absolute atomic E-state index is 0.357. The normalized spacial score (nSPS) is 10.7. The van der Waals surface area contributed by atoms with E-state index in [0.29, 0.717) is 12.8 Å². The predicted molar refractivity (Wildman–Crippen MR) is 177 cm³/mol. The molecule has 0 bridgehead atoms. The van der Waals surface area contributed by atoms with Gasteiger partial charge in [0, 0.05) is 12.8 Å². The third kappa shape index (κ3) is 46.9. The number of nitrogens with zero attached hydrogens (tertiary/aromatic N) is 2. The number of carbonyl (C=O) groups is 2. The average Bonchev–Trinajstić information content (AvgIpc) is 2.91. The van der Waals surface area contributed by atoms with E-state index in [-0.39, 0.29) is 11.9 Å². The Labute approximate surface area is 252 Å². The van der Waals surface area contributed by atoms with Gasteiger partial charge in [0.15, 0.2) is 0 Å². The van der Waals surface area contributed by atoms with Crippen molar-refractivity contribution in [1.82, 2.24) is 9.80 Å². The van der Waals surface area contributed by atoms with Gasteiger partial charge in [-0.05, 0) is 67.0 Å². The Bertz CT molecular complexity index is 471. The summed E-state index contributed by atoms with van der Waals surface area (Å²) >= 11 is 0. The van der Waals surface area contributed by atoms with Crippen molar-refractivity contribution >= 4 is 11.9 Å². The third-order valence-electron chi connectivity index (χ3n) is 6.86. The molecule has 0 spiro atoms. The summed E-state index contributed by atoms with van der Waals surface area (Å²) < 4.78 is 4.62. The lowest BCUT2D eigenvalue weighted by Gasteiger charge is -2.08. The fourth-order valence-corrected chi connectivity index (χ4v) is 4.19. The summed E-state index contributed by atoms with van der Waals surface area (Å²) in [6.45, 7) is 11.1. The molecule has 5 nitrogen and oxygen atoms in total. The molecule has 0 aromatic carbocycles. The van der Waals surface area contributed by atoms with E-state index in [1.165, 1.54) is 116 Å². The maximum absolute atomic E-state index is 11.0. The molecule has 0 N–H and O–H groups in total. The SMILES string of the molecule is CCCCCC(=O)OC(=O)CCCC.CCCCCCCCCCN(C)C.CCCCCCCCCCN(C)C. The zero-order valence-electron chi connectivity index (χ0n) is 28.8. The van der Waals surface area contributed by atoms with Crippen molar-refractivity contribution in [2.24, 2.45) is 0 Å². The second-order valence-electron chi connectivity index (χ2n) is 12.0. The number of rotatable bonds is 25. The molecule has 242 valence electrons. The largest absolute Gasteiger partial charge is 0.393 e. The summed E-state index contributed by atoms with van der Waals surface area (Å²) in [5.41, 5.74) is 0. The van der Waals surface area contributed by atoms with Gasteiger partial charge < -0.3 is 14.5 Å². The molecule has 0 amide bonds. The first-order chi connectivity index (χ1) is 19.2. The summed E-state index contributed by atoms with van der Waals surface area (Å²) in [5.74, 6) is -0.757. The fraction of sp³-hybridized carbons (Fsp3) is 0.943. The van der Waals surface area contributed by atoms with Crippen molar-refractivity contribution in [3.63, 3.8) is 0 Å². The first-order valence-corrected chi connectivity index (χ1v) is 17.3. The van der Waals surface area contributed by atoms with E-state index in [0.717, 1.165) is 32.1 Å². The van der Waals surface area contributed by atoms with Crippen LogP contribution in [0, 0.1) is 0 Å². The Hall–Kier alpha value is -0.940. The van der Waals surface area contributed by atoms with Gasteiger partial charge in [-0.15, -0.1) is 0 Å². The monoisotopic (exact) mass is 571 g/mol. The van der Waals surface area contributed by atoms with Crippen LogP contribution in [-0.2, 0) is 14.3 Å². The molecule has 0 aliphatic heterocycles. The van der Waals surface area contributed by atoms with Gasteiger partial charge in [0.05, 0.1) is 0 Å². The predicted octanol–water partition coefficient (Wildman–Crippen LogP) is 10.2. The van der Waals surface area contributed by atoms with E-state index in [9.17, 15) is 9.59 Å². The Morgan fingerprint density at radius 1 is 0.400 bits per heavy atom. The molecular weight excluding hydrogens is 496 g/mol. The van der Waals surface area contributed by atoms with Crippen molar-refractivity contribution in [3.05, 3.63) is 0 Å². The second kappa shape index (κ2) is 38.1. The van der Waals surface area contributed by atoms with E-state index in [1.807, 2.05) is 6.92 Å². The summed E-state index contributed by atoms with van der Waals surface area (Å²) in [6.07, 6.45) is 28.1. The number of carbonyl (C=O) groups excluding carboxylic acids is 2. The van der Waals surface area contributed by atoms with E-state index in [2.05, 4.69) is 63.5 Å². The minimum atomic E-state index is -0.381. The molecule has 0 aliphatic carbocycles. The highest BCUT2D eigenvalue weighted by Crippen LogP contribution is 2.09. The summed E-state index contributed by atoms with van der Waals surface area (Å²) in [5, 5.41) is 0. The number of hydrogen-bond donors (Lipinski definition) is 0. The van der Waals surface area contributed by atoms with Crippen molar-refractivity contribution in [1.29, 1.82) is 0 Å². The number of esters is 2. The molecule has 0 aromatic heterocycles. The molecule has 0 fully saturated rings. The highest BCUT2D eigenvalue weighted by Gasteiger charge is 2.08. The second-order valence-corrected chi connectivity index (χ2v) is 12.0. The van der Waals surface area contributed by atoms with Crippen LogP contribution in [-0.4, -0.2) is 63.0 Å². The van der Waals surface area contributed by atoms with Crippen LogP contribution in [0.3, 0.4) is 0 Å². The lowest BCUT2D eigenvalue weighted by molar-refractivity contribution is -0.159. The van der Waals surface area contributed by atoms with Gasteiger partial charge in [-0.25, -0.2) is 0 Å². The topological polar surface area (TPSA) is 49.9 Å². The van der Waals surface area contributed by atoms with Crippen LogP contribution in [0.2, 0.25) is 0 Å². The van der Waals surface area contributed by atoms with Crippen LogP contribution in [0.15, 0.2) is 0 Å². The molecule has 0 rings (SSSR count). The van der Waals surface area contributed by atoms with E-state index in [1.54, 1.807) is 0 Å². The number of hydrogen-bond acceptors (Lipinski definition) is 5. The summed E-state index contributed by atoms with van der Waals surface area (Å²) in [7, 11) is 8.62. The van der Waals surface area contributed by atoms with E-state index >= 15 is 0 Å². The highest BCUT2D eigenvalue weighted by molar-refractivity contribution is 5.85. The first-order valence-electron chi connectivity index (χ1n) is 17.3. The molecule has 0 heterocycles. The van der Waals surface area contributed by atoms with Crippen LogP contribution < -0.4 is 0 Å². The molecule has 0 radical (unpaired) electrons. The minimum Gasteiger partial charge on any atom is -0.393 e.